The number of aliphatic hydroxyl groups is 1. The molecule has 1 atom stereocenters. The van der Waals surface area contributed by atoms with Crippen LogP contribution in [-0.4, -0.2) is 45.6 Å². The summed E-state index contributed by atoms with van der Waals surface area (Å²) in [6, 6.07) is 21.7. The number of ether oxygens (including phenoxy) is 2. The van der Waals surface area contributed by atoms with Gasteiger partial charge in [0.15, 0.2) is 0 Å². The summed E-state index contributed by atoms with van der Waals surface area (Å²) in [5.74, 6) is 2.18. The van der Waals surface area contributed by atoms with Gasteiger partial charge in [-0.05, 0) is 50.2 Å². The van der Waals surface area contributed by atoms with E-state index in [1.807, 2.05) is 85.3 Å². The summed E-state index contributed by atoms with van der Waals surface area (Å²) in [5, 5.41) is 15.5. The molecule has 4 aromatic rings. The molecule has 2 aromatic heterocycles. The first kappa shape index (κ1) is 25.4. The van der Waals surface area contributed by atoms with Crippen LogP contribution in [-0.2, 0) is 17.8 Å². The summed E-state index contributed by atoms with van der Waals surface area (Å²) in [4.78, 5) is 2.11. The normalized spacial score (nSPS) is 12.1. The molecule has 0 amide bonds. The van der Waals surface area contributed by atoms with Crippen LogP contribution < -0.4 is 4.74 Å². The lowest BCUT2D eigenvalue weighted by molar-refractivity contribution is 0.0214. The highest BCUT2D eigenvalue weighted by atomic mass is 16.5. The molecule has 1 unspecified atom stereocenters. The van der Waals surface area contributed by atoms with Crippen molar-refractivity contribution in [3.63, 3.8) is 0 Å². The van der Waals surface area contributed by atoms with Crippen molar-refractivity contribution in [3.8, 4) is 17.3 Å². The van der Waals surface area contributed by atoms with Crippen molar-refractivity contribution in [2.75, 3.05) is 19.8 Å². The standard InChI is InChI=1S/C29H33N3O4/c1-4-16-34-21-25(33)18-31(19-27-11-8-17-35-27)20-28-23(3)30-32(24-9-6-5-7-10-24)29(28)36-26-14-12-22(2)13-15-26/h4-15,17,25,33H,1,16,18-21H2,2-3H3. The number of hydrogen-bond donors (Lipinski definition) is 1. The fourth-order valence-corrected chi connectivity index (χ4v) is 3.96. The Morgan fingerprint density at radius 2 is 1.83 bits per heavy atom. The quantitative estimate of drug-likeness (QED) is 0.200. The van der Waals surface area contributed by atoms with E-state index in [4.69, 9.17) is 19.0 Å². The molecule has 0 saturated heterocycles. The minimum Gasteiger partial charge on any atom is -0.468 e. The first-order chi connectivity index (χ1) is 17.5. The summed E-state index contributed by atoms with van der Waals surface area (Å²) in [6.45, 7) is 9.70. The molecule has 1 N–H and O–H groups in total. The molecule has 0 saturated carbocycles. The number of para-hydroxylation sites is 1. The van der Waals surface area contributed by atoms with Crippen molar-refractivity contribution in [1.82, 2.24) is 14.7 Å². The molecule has 7 nitrogen and oxygen atoms in total. The SMILES string of the molecule is C=CCOCC(O)CN(Cc1ccco1)Cc1c(C)nn(-c2ccccc2)c1Oc1ccc(C)cc1. The van der Waals surface area contributed by atoms with E-state index in [-0.39, 0.29) is 6.61 Å². The Labute approximate surface area is 212 Å². The minimum atomic E-state index is -0.675. The predicted molar refractivity (Wildman–Crippen MR) is 139 cm³/mol. The van der Waals surface area contributed by atoms with Gasteiger partial charge in [-0.25, -0.2) is 4.68 Å². The zero-order valence-corrected chi connectivity index (χ0v) is 20.8. The Kier molecular flexibility index (Phi) is 8.73. The largest absolute Gasteiger partial charge is 0.468 e. The van der Waals surface area contributed by atoms with Gasteiger partial charge in [-0.15, -0.1) is 6.58 Å². The van der Waals surface area contributed by atoms with Gasteiger partial charge in [0.2, 0.25) is 5.88 Å². The van der Waals surface area contributed by atoms with E-state index in [0.29, 0.717) is 32.1 Å². The van der Waals surface area contributed by atoms with Crippen LogP contribution >= 0.6 is 0 Å². The van der Waals surface area contributed by atoms with E-state index >= 15 is 0 Å². The van der Waals surface area contributed by atoms with Crippen LogP contribution in [0, 0.1) is 13.8 Å². The topological polar surface area (TPSA) is 72.9 Å². The summed E-state index contributed by atoms with van der Waals surface area (Å²) < 4.78 is 19.3. The maximum Gasteiger partial charge on any atom is 0.227 e. The van der Waals surface area contributed by atoms with Crippen LogP contribution in [0.5, 0.6) is 11.6 Å². The van der Waals surface area contributed by atoms with Crippen molar-refractivity contribution in [1.29, 1.82) is 0 Å². The maximum absolute atomic E-state index is 10.7. The summed E-state index contributed by atoms with van der Waals surface area (Å²) >= 11 is 0. The van der Waals surface area contributed by atoms with Gasteiger partial charge in [-0.2, -0.15) is 5.10 Å². The van der Waals surface area contributed by atoms with Gasteiger partial charge in [0.05, 0.1) is 49.1 Å². The first-order valence-corrected chi connectivity index (χ1v) is 12.0. The maximum atomic E-state index is 10.7. The van der Waals surface area contributed by atoms with Gasteiger partial charge < -0.3 is 19.0 Å². The second-order valence-electron chi connectivity index (χ2n) is 8.76. The van der Waals surface area contributed by atoms with Crippen LogP contribution in [0.2, 0.25) is 0 Å². The zero-order valence-electron chi connectivity index (χ0n) is 20.8. The van der Waals surface area contributed by atoms with Crippen molar-refractivity contribution in [2.45, 2.75) is 33.0 Å². The van der Waals surface area contributed by atoms with E-state index < -0.39 is 6.10 Å². The second-order valence-corrected chi connectivity index (χ2v) is 8.76. The number of aromatic nitrogens is 2. The molecule has 0 spiro atoms. The number of aliphatic hydroxyl groups excluding tert-OH is 1. The number of aryl methyl sites for hydroxylation is 2. The van der Waals surface area contributed by atoms with E-state index in [2.05, 4.69) is 11.5 Å². The molecule has 188 valence electrons. The van der Waals surface area contributed by atoms with Crippen molar-refractivity contribution >= 4 is 0 Å². The third-order valence-corrected chi connectivity index (χ3v) is 5.73. The highest BCUT2D eigenvalue weighted by molar-refractivity contribution is 5.43. The smallest absolute Gasteiger partial charge is 0.227 e. The van der Waals surface area contributed by atoms with Gasteiger partial charge in [0, 0.05) is 13.1 Å². The van der Waals surface area contributed by atoms with Crippen LogP contribution in [0.4, 0.5) is 0 Å². The van der Waals surface area contributed by atoms with E-state index in [1.54, 1.807) is 12.3 Å². The van der Waals surface area contributed by atoms with Gasteiger partial charge in [0.1, 0.15) is 11.5 Å². The Bertz CT molecular complexity index is 1220. The Hall–Kier alpha value is -3.65. The average Bonchev–Trinajstić information content (AvgIpc) is 3.49. The first-order valence-electron chi connectivity index (χ1n) is 12.0. The van der Waals surface area contributed by atoms with Gasteiger partial charge in [-0.1, -0.05) is 42.0 Å². The highest BCUT2D eigenvalue weighted by Gasteiger charge is 2.23. The number of nitrogens with zero attached hydrogens (tertiary/aromatic N) is 3. The predicted octanol–water partition coefficient (Wildman–Crippen LogP) is 5.44. The van der Waals surface area contributed by atoms with Crippen molar-refractivity contribution in [2.24, 2.45) is 0 Å². The lowest BCUT2D eigenvalue weighted by Gasteiger charge is -2.24. The number of hydrogen-bond acceptors (Lipinski definition) is 6. The molecule has 0 aliphatic carbocycles. The molecule has 0 radical (unpaired) electrons. The fraction of sp³-hybridized carbons (Fsp3) is 0.276. The molecule has 0 aliphatic heterocycles. The molecule has 7 heteroatoms. The molecule has 2 heterocycles. The third-order valence-electron chi connectivity index (χ3n) is 5.73. The molecule has 36 heavy (non-hydrogen) atoms. The van der Waals surface area contributed by atoms with E-state index in [1.165, 1.54) is 0 Å². The number of benzene rings is 2. The van der Waals surface area contributed by atoms with E-state index in [0.717, 1.165) is 34.0 Å². The molecule has 4 rings (SSSR count). The van der Waals surface area contributed by atoms with E-state index in [9.17, 15) is 5.11 Å². The fourth-order valence-electron chi connectivity index (χ4n) is 3.96. The summed E-state index contributed by atoms with van der Waals surface area (Å²) in [7, 11) is 0. The molecular formula is C29H33N3O4. The van der Waals surface area contributed by atoms with Gasteiger partial charge in [-0.3, -0.25) is 4.90 Å². The molecule has 0 aliphatic rings. The lowest BCUT2D eigenvalue weighted by atomic mass is 10.2. The summed E-state index contributed by atoms with van der Waals surface area (Å²) in [6.07, 6.45) is 2.65. The Morgan fingerprint density at radius 3 is 2.53 bits per heavy atom. The zero-order chi connectivity index (χ0) is 25.3. The molecule has 0 fully saturated rings. The average molecular weight is 488 g/mol. The Morgan fingerprint density at radius 1 is 1.06 bits per heavy atom. The minimum absolute atomic E-state index is 0.218. The van der Waals surface area contributed by atoms with Gasteiger partial charge in [0.25, 0.3) is 0 Å². The van der Waals surface area contributed by atoms with Crippen LogP contribution in [0.1, 0.15) is 22.6 Å². The van der Waals surface area contributed by atoms with Crippen molar-refractivity contribution < 1.29 is 19.0 Å². The van der Waals surface area contributed by atoms with Gasteiger partial charge >= 0.3 is 0 Å². The third kappa shape index (κ3) is 6.73. The second kappa shape index (κ2) is 12.4. The molecule has 2 aromatic carbocycles. The number of rotatable bonds is 13. The number of furan rings is 1. The van der Waals surface area contributed by atoms with Crippen LogP contribution in [0.15, 0.2) is 90.1 Å². The van der Waals surface area contributed by atoms with Crippen LogP contribution in [0.25, 0.3) is 5.69 Å². The molecular weight excluding hydrogens is 454 g/mol. The summed E-state index contributed by atoms with van der Waals surface area (Å²) in [5.41, 5.74) is 3.85. The van der Waals surface area contributed by atoms with Crippen LogP contribution in [0.3, 0.4) is 0 Å². The molecule has 0 bridgehead atoms. The lowest BCUT2D eigenvalue weighted by Crippen LogP contribution is -2.34. The highest BCUT2D eigenvalue weighted by Crippen LogP contribution is 2.32. The Balaban J connectivity index is 1.66. The van der Waals surface area contributed by atoms with Crippen molar-refractivity contribution in [3.05, 3.63) is 108 Å². The monoisotopic (exact) mass is 487 g/mol.